The van der Waals surface area contributed by atoms with E-state index in [-0.39, 0.29) is 5.56 Å². The van der Waals surface area contributed by atoms with Gasteiger partial charge in [-0.15, -0.1) is 11.3 Å². The maximum Gasteiger partial charge on any atom is 0.263 e. The van der Waals surface area contributed by atoms with Crippen LogP contribution in [0, 0.1) is 25.2 Å². The second-order valence-corrected chi connectivity index (χ2v) is 8.01. The zero-order chi connectivity index (χ0) is 20.5. The highest BCUT2D eigenvalue weighted by Gasteiger charge is 2.19. The van der Waals surface area contributed by atoms with Crippen molar-refractivity contribution >= 4 is 21.6 Å². The molecule has 0 N–H and O–H groups in total. The number of ether oxygens (including phenoxy) is 1. The highest BCUT2D eigenvalue weighted by Crippen LogP contribution is 2.37. The zero-order valence-corrected chi connectivity index (χ0v) is 17.2. The number of methoxy groups -OCH3 is 1. The number of thiophene rings is 1. The van der Waals surface area contributed by atoms with Gasteiger partial charge in [-0.2, -0.15) is 5.26 Å². The molecule has 4 rings (SSSR count). The van der Waals surface area contributed by atoms with Crippen molar-refractivity contribution in [1.29, 1.82) is 5.26 Å². The molecule has 0 bridgehead atoms. The molecular weight excluding hydrogens is 382 g/mol. The highest BCUT2D eigenvalue weighted by molar-refractivity contribution is 7.19. The Bertz CT molecular complexity index is 1330. The van der Waals surface area contributed by atoms with Crippen molar-refractivity contribution in [1.82, 2.24) is 9.55 Å². The van der Waals surface area contributed by atoms with Gasteiger partial charge in [-0.1, -0.05) is 24.3 Å². The number of hydrogen-bond donors (Lipinski definition) is 0. The molecular formula is C23H19N3O2S. The summed E-state index contributed by atoms with van der Waals surface area (Å²) in [5, 5.41) is 9.77. The molecule has 4 aromatic rings. The molecule has 2 aromatic heterocycles. The van der Waals surface area contributed by atoms with Crippen LogP contribution in [0.5, 0.6) is 5.75 Å². The van der Waals surface area contributed by atoms with Crippen molar-refractivity contribution in [3.63, 3.8) is 0 Å². The number of nitriles is 1. The van der Waals surface area contributed by atoms with Crippen LogP contribution in [0.1, 0.15) is 21.8 Å². The summed E-state index contributed by atoms with van der Waals surface area (Å²) in [4.78, 5) is 20.0. The fourth-order valence-corrected chi connectivity index (χ4v) is 4.61. The Morgan fingerprint density at radius 3 is 2.72 bits per heavy atom. The Morgan fingerprint density at radius 1 is 1.17 bits per heavy atom. The van der Waals surface area contributed by atoms with E-state index in [1.54, 1.807) is 23.8 Å². The largest absolute Gasteiger partial charge is 0.497 e. The van der Waals surface area contributed by atoms with Crippen LogP contribution < -0.4 is 10.3 Å². The Balaban J connectivity index is 1.92. The van der Waals surface area contributed by atoms with Crippen LogP contribution in [0.25, 0.3) is 21.3 Å². The van der Waals surface area contributed by atoms with Gasteiger partial charge in [0.25, 0.3) is 5.56 Å². The van der Waals surface area contributed by atoms with Crippen molar-refractivity contribution in [3.05, 3.63) is 80.7 Å². The highest BCUT2D eigenvalue weighted by atomic mass is 32.1. The first-order chi connectivity index (χ1) is 14.0. The monoisotopic (exact) mass is 401 g/mol. The topological polar surface area (TPSA) is 67.9 Å². The van der Waals surface area contributed by atoms with Gasteiger partial charge >= 0.3 is 0 Å². The Hall–Kier alpha value is -3.43. The molecule has 144 valence electrons. The standard InChI is InChI=1S/C23H19N3O2S/c1-14-20(18-8-5-9-19(11-18)28-3)21-22(29-14)25-15(2)26(23(21)27)13-17-7-4-6-16(10-17)12-24/h4-11H,13H2,1-3H3. The quantitative estimate of drug-likeness (QED) is 0.498. The van der Waals surface area contributed by atoms with Crippen molar-refractivity contribution in [2.75, 3.05) is 7.11 Å². The second kappa shape index (κ2) is 7.53. The molecule has 5 nitrogen and oxygen atoms in total. The van der Waals surface area contributed by atoms with E-state index in [9.17, 15) is 4.79 Å². The third-order valence-corrected chi connectivity index (χ3v) is 5.93. The van der Waals surface area contributed by atoms with E-state index in [2.05, 4.69) is 6.07 Å². The van der Waals surface area contributed by atoms with Crippen LogP contribution in [-0.4, -0.2) is 16.7 Å². The van der Waals surface area contributed by atoms with Crippen molar-refractivity contribution in [3.8, 4) is 22.9 Å². The van der Waals surface area contributed by atoms with E-state index in [1.165, 1.54) is 11.3 Å². The lowest BCUT2D eigenvalue weighted by Crippen LogP contribution is -2.24. The van der Waals surface area contributed by atoms with Gasteiger partial charge in [0.15, 0.2) is 0 Å². The zero-order valence-electron chi connectivity index (χ0n) is 16.4. The summed E-state index contributed by atoms with van der Waals surface area (Å²) in [6, 6.07) is 17.2. The van der Waals surface area contributed by atoms with Gasteiger partial charge in [0.05, 0.1) is 30.7 Å². The van der Waals surface area contributed by atoms with Gasteiger partial charge in [-0.3, -0.25) is 9.36 Å². The van der Waals surface area contributed by atoms with E-state index in [1.807, 2.05) is 50.2 Å². The van der Waals surface area contributed by atoms with Gasteiger partial charge in [-0.05, 0) is 49.2 Å². The third kappa shape index (κ3) is 3.41. The average Bonchev–Trinajstić information content (AvgIpc) is 3.07. The number of aromatic nitrogens is 2. The minimum atomic E-state index is -0.0722. The number of nitrogens with zero attached hydrogens (tertiary/aromatic N) is 3. The number of hydrogen-bond acceptors (Lipinski definition) is 5. The maximum absolute atomic E-state index is 13.5. The predicted octanol–water partition coefficient (Wildman–Crippen LogP) is 4.67. The van der Waals surface area contributed by atoms with Crippen LogP contribution in [-0.2, 0) is 6.54 Å². The van der Waals surface area contributed by atoms with Gasteiger partial charge in [0, 0.05) is 10.4 Å². The molecule has 2 aromatic carbocycles. The summed E-state index contributed by atoms with van der Waals surface area (Å²) in [5.74, 6) is 1.40. The van der Waals surface area contributed by atoms with Crippen molar-refractivity contribution < 1.29 is 4.74 Å². The van der Waals surface area contributed by atoms with Gasteiger partial charge in [0.2, 0.25) is 0 Å². The fraction of sp³-hybridized carbons (Fsp3) is 0.174. The lowest BCUT2D eigenvalue weighted by atomic mass is 10.0. The minimum absolute atomic E-state index is 0.0722. The summed E-state index contributed by atoms with van der Waals surface area (Å²) in [7, 11) is 1.63. The van der Waals surface area contributed by atoms with Crippen molar-refractivity contribution in [2.45, 2.75) is 20.4 Å². The summed E-state index contributed by atoms with van der Waals surface area (Å²) in [6.45, 7) is 4.22. The van der Waals surface area contributed by atoms with Gasteiger partial charge in [0.1, 0.15) is 16.4 Å². The van der Waals surface area contributed by atoms with Crippen LogP contribution in [0.2, 0.25) is 0 Å². The van der Waals surface area contributed by atoms with E-state index in [0.29, 0.717) is 23.3 Å². The number of aryl methyl sites for hydroxylation is 2. The molecule has 0 saturated carbocycles. The number of rotatable bonds is 4. The Labute approximate surface area is 172 Å². The van der Waals surface area contributed by atoms with Crippen LogP contribution in [0.15, 0.2) is 53.3 Å². The first-order valence-electron chi connectivity index (χ1n) is 9.16. The van der Waals surface area contributed by atoms with E-state index >= 15 is 0 Å². The Morgan fingerprint density at radius 2 is 1.97 bits per heavy atom. The molecule has 0 unspecified atom stereocenters. The molecule has 6 heteroatoms. The molecule has 0 radical (unpaired) electrons. The molecule has 0 spiro atoms. The summed E-state index contributed by atoms with van der Waals surface area (Å²) in [6.07, 6.45) is 0. The minimum Gasteiger partial charge on any atom is -0.497 e. The molecule has 0 atom stereocenters. The van der Waals surface area contributed by atoms with Crippen LogP contribution >= 0.6 is 11.3 Å². The average molecular weight is 401 g/mol. The molecule has 0 aliphatic carbocycles. The summed E-state index contributed by atoms with van der Waals surface area (Å²) >= 11 is 1.53. The van der Waals surface area contributed by atoms with E-state index in [0.717, 1.165) is 32.1 Å². The van der Waals surface area contributed by atoms with Crippen molar-refractivity contribution in [2.24, 2.45) is 0 Å². The normalized spacial score (nSPS) is 10.8. The number of fused-ring (bicyclic) bond motifs is 1. The van der Waals surface area contributed by atoms with E-state index < -0.39 is 0 Å². The molecule has 0 aliphatic rings. The lowest BCUT2D eigenvalue weighted by Gasteiger charge is -2.11. The first-order valence-corrected chi connectivity index (χ1v) is 9.97. The van der Waals surface area contributed by atoms with Crippen LogP contribution in [0.3, 0.4) is 0 Å². The predicted molar refractivity (Wildman–Crippen MR) is 116 cm³/mol. The molecule has 0 amide bonds. The fourth-order valence-electron chi connectivity index (χ4n) is 3.53. The van der Waals surface area contributed by atoms with E-state index in [4.69, 9.17) is 15.0 Å². The second-order valence-electron chi connectivity index (χ2n) is 6.81. The molecule has 29 heavy (non-hydrogen) atoms. The smallest absolute Gasteiger partial charge is 0.263 e. The first kappa shape index (κ1) is 18.9. The molecule has 0 aliphatic heterocycles. The van der Waals surface area contributed by atoms with Crippen LogP contribution in [0.4, 0.5) is 0 Å². The number of benzene rings is 2. The molecule has 0 fully saturated rings. The summed E-state index contributed by atoms with van der Waals surface area (Å²) in [5.41, 5.74) is 3.24. The Kier molecular flexibility index (Phi) is 4.91. The molecule has 0 saturated heterocycles. The van der Waals surface area contributed by atoms with Gasteiger partial charge in [-0.25, -0.2) is 4.98 Å². The summed E-state index contributed by atoms with van der Waals surface area (Å²) < 4.78 is 7.03. The molecule has 2 heterocycles. The lowest BCUT2D eigenvalue weighted by molar-refractivity contribution is 0.415. The SMILES string of the molecule is COc1cccc(-c2c(C)sc3nc(C)n(Cc4cccc(C#N)c4)c(=O)c23)c1. The van der Waals surface area contributed by atoms with Gasteiger partial charge < -0.3 is 4.74 Å². The maximum atomic E-state index is 13.5. The third-order valence-electron chi connectivity index (χ3n) is 4.93.